The largest absolute Gasteiger partial charge is 0.480 e. The lowest BCUT2D eigenvalue weighted by atomic mass is 10.4. The van der Waals surface area contributed by atoms with Gasteiger partial charge in [-0.25, -0.2) is 4.98 Å². The molecular formula is C9H15N3O2S. The van der Waals surface area contributed by atoms with Crippen LogP contribution < -0.4 is 5.73 Å². The van der Waals surface area contributed by atoms with E-state index in [0.29, 0.717) is 5.75 Å². The average Bonchev–Trinajstić information content (AvgIpc) is 2.58. The minimum Gasteiger partial charge on any atom is -0.480 e. The third-order valence-electron chi connectivity index (χ3n) is 2.01. The van der Waals surface area contributed by atoms with Crippen LogP contribution in [0.5, 0.6) is 0 Å². The molecule has 0 bridgehead atoms. The molecule has 3 N–H and O–H groups in total. The number of nitrogens with zero attached hydrogens (tertiary/aromatic N) is 2. The summed E-state index contributed by atoms with van der Waals surface area (Å²) in [5, 5.41) is 8.56. The summed E-state index contributed by atoms with van der Waals surface area (Å²) in [4.78, 5) is 14.5. The van der Waals surface area contributed by atoms with Crippen LogP contribution in [0.3, 0.4) is 0 Å². The van der Waals surface area contributed by atoms with E-state index in [2.05, 4.69) is 4.98 Å². The molecule has 1 heterocycles. The average molecular weight is 229 g/mol. The van der Waals surface area contributed by atoms with E-state index >= 15 is 0 Å². The number of thioether (sulfide) groups is 1. The van der Waals surface area contributed by atoms with Crippen molar-refractivity contribution in [3.8, 4) is 0 Å². The van der Waals surface area contributed by atoms with Gasteiger partial charge in [0.15, 0.2) is 0 Å². The van der Waals surface area contributed by atoms with E-state index in [0.717, 1.165) is 18.1 Å². The van der Waals surface area contributed by atoms with Gasteiger partial charge in [-0.05, 0) is 6.92 Å². The molecule has 5 nitrogen and oxygen atoms in total. The maximum atomic E-state index is 10.4. The lowest BCUT2D eigenvalue weighted by molar-refractivity contribution is -0.137. The van der Waals surface area contributed by atoms with Gasteiger partial charge in [0.25, 0.3) is 0 Å². The van der Waals surface area contributed by atoms with Gasteiger partial charge in [-0.3, -0.25) is 4.79 Å². The minimum absolute atomic E-state index is 0.447. The second-order valence-electron chi connectivity index (χ2n) is 3.19. The van der Waals surface area contributed by atoms with Gasteiger partial charge in [-0.1, -0.05) is 0 Å². The Morgan fingerprint density at radius 2 is 2.53 bits per heavy atom. The predicted molar refractivity (Wildman–Crippen MR) is 59.9 cm³/mol. The summed E-state index contributed by atoms with van der Waals surface area (Å²) >= 11 is 1.54. The van der Waals surface area contributed by atoms with Gasteiger partial charge in [-0.15, -0.1) is 0 Å². The molecule has 84 valence electrons. The summed E-state index contributed by atoms with van der Waals surface area (Å²) in [6.07, 6.45) is 3.66. The Labute approximate surface area is 92.7 Å². The highest BCUT2D eigenvalue weighted by Crippen LogP contribution is 2.04. The Kier molecular flexibility index (Phi) is 4.64. The van der Waals surface area contributed by atoms with Crippen LogP contribution in [0, 0.1) is 6.92 Å². The van der Waals surface area contributed by atoms with Crippen molar-refractivity contribution in [3.05, 3.63) is 18.2 Å². The quantitative estimate of drug-likeness (QED) is 0.687. The molecule has 0 amide bonds. The first-order valence-corrected chi connectivity index (χ1v) is 5.80. The number of carboxylic acids is 1. The number of aromatic nitrogens is 2. The molecule has 0 aliphatic rings. The smallest absolute Gasteiger partial charge is 0.321 e. The number of hydrogen-bond donors (Lipinski definition) is 2. The zero-order chi connectivity index (χ0) is 11.3. The summed E-state index contributed by atoms with van der Waals surface area (Å²) in [5.41, 5.74) is 5.37. The number of carboxylic acid groups (broad SMARTS) is 1. The number of aliphatic carboxylic acids is 1. The van der Waals surface area contributed by atoms with Gasteiger partial charge in [-0.2, -0.15) is 11.8 Å². The molecule has 0 saturated carbocycles. The first-order chi connectivity index (χ1) is 7.11. The number of nitrogens with two attached hydrogens (primary N) is 1. The first-order valence-electron chi connectivity index (χ1n) is 4.65. The third-order valence-corrected chi connectivity index (χ3v) is 3.08. The van der Waals surface area contributed by atoms with E-state index < -0.39 is 12.0 Å². The molecule has 0 aliphatic heterocycles. The Morgan fingerprint density at radius 1 is 1.80 bits per heavy atom. The van der Waals surface area contributed by atoms with E-state index in [1.165, 1.54) is 0 Å². The highest BCUT2D eigenvalue weighted by atomic mass is 32.2. The maximum absolute atomic E-state index is 10.4. The van der Waals surface area contributed by atoms with Gasteiger partial charge in [0.05, 0.1) is 0 Å². The molecule has 1 rings (SSSR count). The molecule has 0 fully saturated rings. The number of aryl methyl sites for hydroxylation is 2. The Balaban J connectivity index is 2.17. The van der Waals surface area contributed by atoms with Crippen LogP contribution in [0.2, 0.25) is 0 Å². The molecule has 1 aromatic heterocycles. The lowest BCUT2D eigenvalue weighted by Gasteiger charge is -2.07. The summed E-state index contributed by atoms with van der Waals surface area (Å²) in [6.45, 7) is 2.77. The molecule has 0 unspecified atom stereocenters. The van der Waals surface area contributed by atoms with Crippen molar-refractivity contribution in [2.75, 3.05) is 11.5 Å². The van der Waals surface area contributed by atoms with Gasteiger partial charge in [0, 0.05) is 30.4 Å². The highest BCUT2D eigenvalue weighted by Gasteiger charge is 2.10. The van der Waals surface area contributed by atoms with Crippen LogP contribution in [0.15, 0.2) is 12.4 Å². The number of carbonyl (C=O) groups is 1. The van der Waals surface area contributed by atoms with Crippen molar-refractivity contribution in [1.82, 2.24) is 9.55 Å². The fourth-order valence-corrected chi connectivity index (χ4v) is 1.97. The first kappa shape index (κ1) is 12.1. The lowest BCUT2D eigenvalue weighted by Crippen LogP contribution is -2.32. The van der Waals surface area contributed by atoms with Crippen LogP contribution in [0.1, 0.15) is 5.82 Å². The number of imidazole rings is 1. The van der Waals surface area contributed by atoms with Crippen molar-refractivity contribution >= 4 is 17.7 Å². The molecule has 0 spiro atoms. The summed E-state index contributed by atoms with van der Waals surface area (Å²) in [6, 6.07) is -0.765. The van der Waals surface area contributed by atoms with Gasteiger partial charge in [0.2, 0.25) is 0 Å². The van der Waals surface area contributed by atoms with Crippen LogP contribution in [0.4, 0.5) is 0 Å². The van der Waals surface area contributed by atoms with Gasteiger partial charge < -0.3 is 15.4 Å². The summed E-state index contributed by atoms with van der Waals surface area (Å²) in [5.74, 6) is 1.32. The van der Waals surface area contributed by atoms with E-state index in [1.807, 2.05) is 17.7 Å². The molecule has 0 radical (unpaired) electrons. The molecule has 0 saturated heterocycles. The zero-order valence-electron chi connectivity index (χ0n) is 8.59. The molecule has 1 aromatic rings. The normalized spacial score (nSPS) is 12.7. The fraction of sp³-hybridized carbons (Fsp3) is 0.556. The van der Waals surface area contributed by atoms with Crippen molar-refractivity contribution in [1.29, 1.82) is 0 Å². The second-order valence-corrected chi connectivity index (χ2v) is 4.34. The van der Waals surface area contributed by atoms with Crippen LogP contribution in [-0.2, 0) is 11.3 Å². The summed E-state index contributed by atoms with van der Waals surface area (Å²) < 4.78 is 2.03. The molecule has 1 atom stereocenters. The number of rotatable bonds is 6. The zero-order valence-corrected chi connectivity index (χ0v) is 9.41. The van der Waals surface area contributed by atoms with Crippen molar-refractivity contribution < 1.29 is 9.90 Å². The molecular weight excluding hydrogens is 214 g/mol. The molecule has 6 heteroatoms. The van der Waals surface area contributed by atoms with Crippen LogP contribution >= 0.6 is 11.8 Å². The van der Waals surface area contributed by atoms with Crippen LogP contribution in [-0.4, -0.2) is 38.2 Å². The summed E-state index contributed by atoms with van der Waals surface area (Å²) in [7, 11) is 0. The van der Waals surface area contributed by atoms with E-state index in [1.54, 1.807) is 18.0 Å². The van der Waals surface area contributed by atoms with Crippen molar-refractivity contribution in [3.63, 3.8) is 0 Å². The Morgan fingerprint density at radius 3 is 3.07 bits per heavy atom. The van der Waals surface area contributed by atoms with E-state index in [9.17, 15) is 4.79 Å². The standard InChI is InChI=1S/C9H15N3O2S/c1-7-11-2-3-12(7)4-5-15-6-8(10)9(13)14/h2-3,8H,4-6,10H2,1H3,(H,13,14)/t8-/m0/s1. The highest BCUT2D eigenvalue weighted by molar-refractivity contribution is 7.99. The SMILES string of the molecule is Cc1nccn1CCSC[C@H](N)C(=O)O. The second kappa shape index (κ2) is 5.77. The monoisotopic (exact) mass is 229 g/mol. The molecule has 0 aliphatic carbocycles. The van der Waals surface area contributed by atoms with Crippen molar-refractivity contribution in [2.45, 2.75) is 19.5 Å². The Hall–Kier alpha value is -1.01. The van der Waals surface area contributed by atoms with Crippen LogP contribution in [0.25, 0.3) is 0 Å². The maximum Gasteiger partial charge on any atom is 0.321 e. The van der Waals surface area contributed by atoms with E-state index in [4.69, 9.17) is 10.8 Å². The number of hydrogen-bond acceptors (Lipinski definition) is 4. The molecule has 0 aromatic carbocycles. The molecule has 15 heavy (non-hydrogen) atoms. The van der Waals surface area contributed by atoms with Gasteiger partial charge >= 0.3 is 5.97 Å². The predicted octanol–water partition coefficient (Wildman–Crippen LogP) is 0.337. The third kappa shape index (κ3) is 3.93. The van der Waals surface area contributed by atoms with E-state index in [-0.39, 0.29) is 0 Å². The van der Waals surface area contributed by atoms with Crippen molar-refractivity contribution in [2.24, 2.45) is 5.73 Å². The Bertz CT molecular complexity index is 327. The topological polar surface area (TPSA) is 81.1 Å². The fourth-order valence-electron chi connectivity index (χ4n) is 1.08. The minimum atomic E-state index is -0.943. The van der Waals surface area contributed by atoms with Gasteiger partial charge in [0.1, 0.15) is 11.9 Å².